The maximum atomic E-state index is 13.4. The van der Waals surface area contributed by atoms with Crippen molar-refractivity contribution < 1.29 is 18.4 Å². The van der Waals surface area contributed by atoms with Crippen LogP contribution in [0.2, 0.25) is 0 Å². The number of likely N-dealkylation sites (tertiary alicyclic amines) is 1. The number of hydrogen-bond donors (Lipinski definition) is 0. The molecule has 0 saturated carbocycles. The highest BCUT2D eigenvalue weighted by molar-refractivity contribution is 5.87. The first kappa shape index (κ1) is 23.6. The zero-order valence-electron chi connectivity index (χ0n) is 19.0. The minimum Gasteiger partial charge on any atom is -0.391 e. The molecular formula is C28H28F2N2O2. The zero-order valence-corrected chi connectivity index (χ0v) is 19.0. The van der Waals surface area contributed by atoms with Crippen LogP contribution in [-0.2, 0) is 16.2 Å². The molecule has 3 aromatic carbocycles. The first-order valence-electron chi connectivity index (χ1n) is 11.6. The van der Waals surface area contributed by atoms with Crippen LogP contribution < -0.4 is 0 Å². The maximum absolute atomic E-state index is 13.4. The normalized spacial score (nSPS) is 13.7. The third-order valence-electron chi connectivity index (χ3n) is 6.15. The number of amides is 1. The molecule has 1 aliphatic heterocycles. The molecule has 0 aliphatic carbocycles. The van der Waals surface area contributed by atoms with Crippen LogP contribution in [0, 0.1) is 11.6 Å². The van der Waals surface area contributed by atoms with E-state index in [9.17, 15) is 13.6 Å². The predicted octanol–water partition coefficient (Wildman–Crippen LogP) is 6.07. The Bertz CT molecular complexity index is 1040. The second-order valence-electron chi connectivity index (χ2n) is 8.49. The minimum atomic E-state index is -0.309. The van der Waals surface area contributed by atoms with E-state index >= 15 is 0 Å². The second kappa shape index (κ2) is 11.5. The van der Waals surface area contributed by atoms with Crippen LogP contribution in [0.15, 0.2) is 84.0 Å². The lowest BCUT2D eigenvalue weighted by molar-refractivity contribution is -0.131. The van der Waals surface area contributed by atoms with E-state index in [1.54, 1.807) is 24.3 Å². The smallest absolute Gasteiger partial charge is 0.222 e. The lowest BCUT2D eigenvalue weighted by Gasteiger charge is -2.28. The van der Waals surface area contributed by atoms with Crippen LogP contribution in [0.4, 0.5) is 8.78 Å². The van der Waals surface area contributed by atoms with Gasteiger partial charge in [0.25, 0.3) is 0 Å². The van der Waals surface area contributed by atoms with E-state index in [0.717, 1.165) is 22.4 Å². The first-order valence-corrected chi connectivity index (χ1v) is 11.6. The second-order valence-corrected chi connectivity index (χ2v) is 8.49. The molecule has 1 amide bonds. The SMILES string of the molecule is O=C(CCC(c1ccc(F)cc1)c1ccc(F)cc1)N1CCC(=NOCc2ccccc2)CC1. The standard InChI is InChI=1S/C28H28F2N2O2/c29-24-10-6-22(7-11-24)27(23-8-12-25(30)13-9-23)14-15-28(33)32-18-16-26(17-19-32)31-34-20-21-4-2-1-3-5-21/h1-13,27H,14-20H2. The maximum Gasteiger partial charge on any atom is 0.222 e. The lowest BCUT2D eigenvalue weighted by atomic mass is 9.87. The number of carbonyl (C=O) groups excluding carboxylic acids is 1. The quantitative estimate of drug-likeness (QED) is 0.381. The number of piperidine rings is 1. The summed E-state index contributed by atoms with van der Waals surface area (Å²) in [5, 5.41) is 4.26. The molecule has 1 aliphatic rings. The van der Waals surface area contributed by atoms with Crippen molar-refractivity contribution in [3.8, 4) is 0 Å². The van der Waals surface area contributed by atoms with Crippen molar-refractivity contribution in [1.82, 2.24) is 4.90 Å². The molecular weight excluding hydrogens is 434 g/mol. The van der Waals surface area contributed by atoms with E-state index in [-0.39, 0.29) is 23.5 Å². The van der Waals surface area contributed by atoms with Crippen molar-refractivity contribution in [3.05, 3.63) is 107 Å². The van der Waals surface area contributed by atoms with Crippen molar-refractivity contribution in [2.24, 2.45) is 5.16 Å². The molecule has 4 nitrogen and oxygen atoms in total. The van der Waals surface area contributed by atoms with Gasteiger partial charge in [0, 0.05) is 38.3 Å². The van der Waals surface area contributed by atoms with E-state index < -0.39 is 0 Å². The van der Waals surface area contributed by atoms with E-state index in [1.165, 1.54) is 24.3 Å². The summed E-state index contributed by atoms with van der Waals surface area (Å²) in [6, 6.07) is 22.5. The van der Waals surface area contributed by atoms with Crippen molar-refractivity contribution in [1.29, 1.82) is 0 Å². The molecule has 0 aromatic heterocycles. The van der Waals surface area contributed by atoms with Crippen LogP contribution in [0.5, 0.6) is 0 Å². The molecule has 3 aromatic rings. The number of carbonyl (C=O) groups is 1. The number of benzene rings is 3. The van der Waals surface area contributed by atoms with Crippen LogP contribution in [0.25, 0.3) is 0 Å². The van der Waals surface area contributed by atoms with Crippen molar-refractivity contribution in [2.45, 2.75) is 38.2 Å². The van der Waals surface area contributed by atoms with Crippen LogP contribution >= 0.6 is 0 Å². The van der Waals surface area contributed by atoms with E-state index in [0.29, 0.717) is 45.4 Å². The van der Waals surface area contributed by atoms with Crippen LogP contribution in [0.3, 0.4) is 0 Å². The van der Waals surface area contributed by atoms with E-state index in [1.807, 2.05) is 35.2 Å². The Balaban J connectivity index is 1.31. The number of oxime groups is 1. The van der Waals surface area contributed by atoms with Gasteiger partial charge in [-0.05, 0) is 47.4 Å². The van der Waals surface area contributed by atoms with E-state index in [4.69, 9.17) is 4.84 Å². The molecule has 1 saturated heterocycles. The summed E-state index contributed by atoms with van der Waals surface area (Å²) in [6.07, 6.45) is 2.31. The molecule has 4 rings (SSSR count). The Morgan fingerprint density at radius 2 is 1.41 bits per heavy atom. The van der Waals surface area contributed by atoms with Crippen LogP contribution in [0.1, 0.15) is 48.3 Å². The molecule has 34 heavy (non-hydrogen) atoms. The highest BCUT2D eigenvalue weighted by Crippen LogP contribution is 2.30. The molecule has 0 radical (unpaired) electrons. The fourth-order valence-corrected chi connectivity index (χ4v) is 4.22. The molecule has 6 heteroatoms. The average molecular weight is 463 g/mol. The Hall–Kier alpha value is -3.54. The largest absolute Gasteiger partial charge is 0.391 e. The summed E-state index contributed by atoms with van der Waals surface area (Å²) in [6.45, 7) is 1.66. The van der Waals surface area contributed by atoms with Gasteiger partial charge in [0.05, 0.1) is 5.71 Å². The van der Waals surface area contributed by atoms with Crippen molar-refractivity contribution in [3.63, 3.8) is 0 Å². The van der Waals surface area contributed by atoms with Gasteiger partial charge in [0.15, 0.2) is 0 Å². The van der Waals surface area contributed by atoms with Gasteiger partial charge in [-0.1, -0.05) is 59.8 Å². The van der Waals surface area contributed by atoms with Gasteiger partial charge >= 0.3 is 0 Å². The summed E-state index contributed by atoms with van der Waals surface area (Å²) in [5.41, 5.74) is 3.85. The monoisotopic (exact) mass is 462 g/mol. The lowest BCUT2D eigenvalue weighted by Crippen LogP contribution is -2.38. The topological polar surface area (TPSA) is 41.9 Å². The predicted molar refractivity (Wildman–Crippen MR) is 128 cm³/mol. The highest BCUT2D eigenvalue weighted by atomic mass is 19.1. The Labute approximate surface area is 198 Å². The number of halogens is 2. The molecule has 1 fully saturated rings. The number of hydrogen-bond acceptors (Lipinski definition) is 3. The van der Waals surface area contributed by atoms with Gasteiger partial charge in [0.2, 0.25) is 5.91 Å². The molecule has 1 heterocycles. The van der Waals surface area contributed by atoms with Gasteiger partial charge < -0.3 is 9.74 Å². The number of rotatable bonds is 8. The Morgan fingerprint density at radius 3 is 1.97 bits per heavy atom. The Morgan fingerprint density at radius 1 is 0.853 bits per heavy atom. The summed E-state index contributed by atoms with van der Waals surface area (Å²) in [7, 11) is 0. The summed E-state index contributed by atoms with van der Waals surface area (Å²) < 4.78 is 26.9. The van der Waals surface area contributed by atoms with Gasteiger partial charge in [-0.2, -0.15) is 0 Å². The van der Waals surface area contributed by atoms with Crippen molar-refractivity contribution in [2.75, 3.05) is 13.1 Å². The first-order chi connectivity index (χ1) is 16.6. The van der Waals surface area contributed by atoms with Crippen LogP contribution in [-0.4, -0.2) is 29.6 Å². The summed E-state index contributed by atoms with van der Waals surface area (Å²) in [5.74, 6) is -0.649. The highest BCUT2D eigenvalue weighted by Gasteiger charge is 2.22. The molecule has 0 N–H and O–H groups in total. The van der Waals surface area contributed by atoms with Gasteiger partial charge in [-0.3, -0.25) is 4.79 Å². The van der Waals surface area contributed by atoms with E-state index in [2.05, 4.69) is 5.16 Å². The average Bonchev–Trinajstić information content (AvgIpc) is 2.87. The summed E-state index contributed by atoms with van der Waals surface area (Å²) in [4.78, 5) is 20.3. The summed E-state index contributed by atoms with van der Waals surface area (Å²) >= 11 is 0. The fourth-order valence-electron chi connectivity index (χ4n) is 4.22. The molecule has 0 unspecified atom stereocenters. The molecule has 0 bridgehead atoms. The van der Waals surface area contributed by atoms with Gasteiger partial charge in [0.1, 0.15) is 18.2 Å². The van der Waals surface area contributed by atoms with Gasteiger partial charge in [-0.25, -0.2) is 8.78 Å². The van der Waals surface area contributed by atoms with Gasteiger partial charge in [-0.15, -0.1) is 0 Å². The third kappa shape index (κ3) is 6.50. The third-order valence-corrected chi connectivity index (χ3v) is 6.15. The Kier molecular flexibility index (Phi) is 8.02. The molecule has 176 valence electrons. The van der Waals surface area contributed by atoms with Crippen molar-refractivity contribution >= 4 is 11.6 Å². The zero-order chi connectivity index (χ0) is 23.8. The molecule has 0 spiro atoms. The minimum absolute atomic E-state index is 0.0819. The molecule has 0 atom stereocenters. The number of nitrogens with zero attached hydrogens (tertiary/aromatic N) is 2. The fraction of sp³-hybridized carbons (Fsp3) is 0.286.